The monoisotopic (exact) mass is 550 g/mol. The van der Waals surface area contributed by atoms with Gasteiger partial charge < -0.3 is 26.0 Å². The normalized spacial score (nSPS) is 11.9. The van der Waals surface area contributed by atoms with Crippen LogP contribution >= 0.6 is 0 Å². The minimum absolute atomic E-state index is 0.0381. The van der Waals surface area contributed by atoms with Crippen molar-refractivity contribution in [2.75, 3.05) is 25.2 Å². The highest BCUT2D eigenvalue weighted by Gasteiger charge is 2.22. The highest BCUT2D eigenvalue weighted by Crippen LogP contribution is 2.44. The molecule has 0 aliphatic heterocycles. The number of phenols is 1. The van der Waals surface area contributed by atoms with E-state index in [9.17, 15) is 22.9 Å². The standard InChI is InChI=1S/C25H22N6O7S/c1-27-15-7-6-13-9-22(39(35,36)37)23(24(32)17(13)10-15)31-30-20-11-18(26)19(12-21(20)38-2)29-28-16-5-3-4-14(8-16)25(33)34/h3-12,27,32H,26H2,1-2H3,(H,33,34)(H,35,36,37)/b29-28+,31-30+. The fraction of sp³-hybridized carbons (Fsp3) is 0.0800. The third-order valence-electron chi connectivity index (χ3n) is 5.57. The Morgan fingerprint density at radius 1 is 0.974 bits per heavy atom. The summed E-state index contributed by atoms with van der Waals surface area (Å²) in [5.41, 5.74) is 6.91. The van der Waals surface area contributed by atoms with Crippen LogP contribution in [0, 0.1) is 0 Å². The number of benzene rings is 4. The van der Waals surface area contributed by atoms with Crippen molar-refractivity contribution in [1.82, 2.24) is 0 Å². The second kappa shape index (κ2) is 10.7. The number of carboxylic acid groups (broad SMARTS) is 1. The van der Waals surface area contributed by atoms with Crippen LogP contribution in [0.3, 0.4) is 0 Å². The van der Waals surface area contributed by atoms with Crippen molar-refractivity contribution < 1.29 is 32.7 Å². The van der Waals surface area contributed by atoms with E-state index in [1.54, 1.807) is 31.3 Å². The first kappa shape index (κ1) is 27.0. The van der Waals surface area contributed by atoms with Gasteiger partial charge in [-0.1, -0.05) is 12.1 Å². The highest BCUT2D eigenvalue weighted by molar-refractivity contribution is 7.86. The van der Waals surface area contributed by atoms with Crippen molar-refractivity contribution in [3.8, 4) is 11.5 Å². The number of carbonyl (C=O) groups is 1. The second-order valence-electron chi connectivity index (χ2n) is 8.07. The Kier molecular flexibility index (Phi) is 7.42. The van der Waals surface area contributed by atoms with Gasteiger partial charge in [0.15, 0.2) is 5.75 Å². The zero-order valence-electron chi connectivity index (χ0n) is 20.5. The number of aromatic hydroxyl groups is 1. The van der Waals surface area contributed by atoms with Gasteiger partial charge in [-0.2, -0.15) is 13.5 Å². The molecule has 0 heterocycles. The van der Waals surface area contributed by atoms with Gasteiger partial charge >= 0.3 is 5.97 Å². The maximum Gasteiger partial charge on any atom is 0.335 e. The van der Waals surface area contributed by atoms with E-state index in [2.05, 4.69) is 25.8 Å². The van der Waals surface area contributed by atoms with Gasteiger partial charge in [-0.05, 0) is 47.9 Å². The average Bonchev–Trinajstić information content (AvgIpc) is 2.91. The van der Waals surface area contributed by atoms with Crippen LogP contribution < -0.4 is 15.8 Å². The van der Waals surface area contributed by atoms with Gasteiger partial charge in [0.25, 0.3) is 10.1 Å². The Morgan fingerprint density at radius 2 is 1.72 bits per heavy atom. The number of nitrogens with two attached hydrogens (primary N) is 1. The third-order valence-corrected chi connectivity index (χ3v) is 6.44. The molecular weight excluding hydrogens is 528 g/mol. The number of nitrogens with zero attached hydrogens (tertiary/aromatic N) is 4. The van der Waals surface area contributed by atoms with E-state index in [-0.39, 0.29) is 39.4 Å². The number of methoxy groups -OCH3 is 1. The molecule has 39 heavy (non-hydrogen) atoms. The smallest absolute Gasteiger partial charge is 0.335 e. The molecular formula is C25H22N6O7S. The molecule has 14 heteroatoms. The van der Waals surface area contributed by atoms with E-state index in [1.807, 2.05) is 0 Å². The summed E-state index contributed by atoms with van der Waals surface area (Å²) in [5, 5.41) is 39.5. The summed E-state index contributed by atoms with van der Waals surface area (Å²) in [5.74, 6) is -1.49. The summed E-state index contributed by atoms with van der Waals surface area (Å²) in [4.78, 5) is 10.5. The van der Waals surface area contributed by atoms with Crippen LogP contribution in [-0.2, 0) is 10.1 Å². The van der Waals surface area contributed by atoms with Gasteiger partial charge in [0.1, 0.15) is 27.7 Å². The highest BCUT2D eigenvalue weighted by atomic mass is 32.2. The van der Waals surface area contributed by atoms with Crippen molar-refractivity contribution in [2.45, 2.75) is 4.90 Å². The Bertz CT molecular complexity index is 1770. The van der Waals surface area contributed by atoms with E-state index in [0.717, 1.165) is 0 Å². The quantitative estimate of drug-likeness (QED) is 0.0994. The Hall–Kier alpha value is -5.08. The topological polar surface area (TPSA) is 209 Å². The number of ether oxygens (including phenoxy) is 1. The number of nitrogen functional groups attached to an aromatic ring is 1. The molecule has 200 valence electrons. The Morgan fingerprint density at radius 3 is 2.38 bits per heavy atom. The fourth-order valence-corrected chi connectivity index (χ4v) is 4.27. The molecule has 0 aromatic heterocycles. The van der Waals surface area contributed by atoms with Crippen LogP contribution in [-0.4, -0.2) is 43.3 Å². The summed E-state index contributed by atoms with van der Waals surface area (Å²) in [7, 11) is -1.77. The van der Waals surface area contributed by atoms with Crippen molar-refractivity contribution in [1.29, 1.82) is 0 Å². The molecule has 0 saturated heterocycles. The minimum Gasteiger partial charge on any atom is -0.505 e. The van der Waals surface area contributed by atoms with Gasteiger partial charge in [0.2, 0.25) is 0 Å². The average molecular weight is 551 g/mol. The Labute approximate surface area is 222 Å². The van der Waals surface area contributed by atoms with Gasteiger partial charge in [-0.3, -0.25) is 4.55 Å². The minimum atomic E-state index is -4.79. The van der Waals surface area contributed by atoms with Crippen LogP contribution in [0.1, 0.15) is 10.4 Å². The first-order valence-electron chi connectivity index (χ1n) is 11.1. The van der Waals surface area contributed by atoms with Crippen LogP contribution in [0.15, 0.2) is 86.0 Å². The number of aromatic carboxylic acids is 1. The molecule has 0 spiro atoms. The van der Waals surface area contributed by atoms with Crippen molar-refractivity contribution in [3.05, 3.63) is 66.2 Å². The molecule has 0 aliphatic rings. The molecule has 0 atom stereocenters. The van der Waals surface area contributed by atoms with Gasteiger partial charge in [-0.25, -0.2) is 4.79 Å². The van der Waals surface area contributed by atoms with Crippen LogP contribution in [0.25, 0.3) is 10.8 Å². The number of hydrogen-bond donors (Lipinski definition) is 5. The maximum atomic E-state index is 12.1. The number of azo groups is 2. The fourth-order valence-electron chi connectivity index (χ4n) is 3.61. The molecule has 0 aliphatic carbocycles. The molecule has 6 N–H and O–H groups in total. The molecule has 0 radical (unpaired) electrons. The number of rotatable bonds is 8. The number of carboxylic acids is 1. The van der Waals surface area contributed by atoms with Crippen LogP contribution in [0.4, 0.5) is 34.1 Å². The summed E-state index contributed by atoms with van der Waals surface area (Å²) < 4.78 is 39.3. The summed E-state index contributed by atoms with van der Waals surface area (Å²) >= 11 is 0. The lowest BCUT2D eigenvalue weighted by Gasteiger charge is -2.11. The number of hydrogen-bond acceptors (Lipinski definition) is 11. The third kappa shape index (κ3) is 5.76. The second-order valence-corrected chi connectivity index (χ2v) is 9.46. The molecule has 4 rings (SSSR count). The van der Waals surface area contributed by atoms with Crippen LogP contribution in [0.5, 0.6) is 11.5 Å². The Balaban J connectivity index is 1.76. The molecule has 13 nitrogen and oxygen atoms in total. The lowest BCUT2D eigenvalue weighted by Crippen LogP contribution is -1.99. The molecule has 0 bridgehead atoms. The van der Waals surface area contributed by atoms with E-state index in [1.165, 1.54) is 43.5 Å². The first-order chi connectivity index (χ1) is 18.5. The SMILES string of the molecule is CNc1ccc2cc(S(=O)(=O)O)c(/N=N/c3cc(N)c(/N=N/c4cccc(C(=O)O)c4)cc3OC)c(O)c2c1. The van der Waals surface area contributed by atoms with Crippen molar-refractivity contribution >= 4 is 61.0 Å². The number of fused-ring (bicyclic) bond motifs is 1. The lowest BCUT2D eigenvalue weighted by atomic mass is 10.1. The zero-order valence-corrected chi connectivity index (χ0v) is 21.3. The van der Waals surface area contributed by atoms with Crippen molar-refractivity contribution in [2.24, 2.45) is 20.5 Å². The summed E-state index contributed by atoms with van der Waals surface area (Å²) in [6.45, 7) is 0. The first-order valence-corrected chi connectivity index (χ1v) is 12.5. The predicted molar refractivity (Wildman–Crippen MR) is 144 cm³/mol. The lowest BCUT2D eigenvalue weighted by molar-refractivity contribution is 0.0697. The molecule has 0 fully saturated rings. The predicted octanol–water partition coefficient (Wildman–Crippen LogP) is 5.95. The van der Waals surface area contributed by atoms with E-state index >= 15 is 0 Å². The molecule has 0 unspecified atom stereocenters. The van der Waals surface area contributed by atoms with E-state index < -0.39 is 32.4 Å². The molecule has 4 aromatic rings. The maximum absolute atomic E-state index is 12.1. The largest absolute Gasteiger partial charge is 0.505 e. The van der Waals surface area contributed by atoms with E-state index in [4.69, 9.17) is 15.6 Å². The van der Waals surface area contributed by atoms with Crippen molar-refractivity contribution in [3.63, 3.8) is 0 Å². The summed E-state index contributed by atoms with van der Waals surface area (Å²) in [6.07, 6.45) is 0. The molecule has 0 amide bonds. The van der Waals surface area contributed by atoms with Gasteiger partial charge in [0.05, 0.1) is 24.0 Å². The van der Waals surface area contributed by atoms with Gasteiger partial charge in [0, 0.05) is 24.2 Å². The molecule has 4 aromatic carbocycles. The number of phenolic OH excluding ortho intramolecular Hbond substituents is 1. The molecule has 0 saturated carbocycles. The van der Waals surface area contributed by atoms with Crippen LogP contribution in [0.2, 0.25) is 0 Å². The zero-order chi connectivity index (χ0) is 28.3. The number of anilines is 2. The number of nitrogens with one attached hydrogen (secondary N) is 1. The van der Waals surface area contributed by atoms with E-state index in [0.29, 0.717) is 11.1 Å². The van der Waals surface area contributed by atoms with Gasteiger partial charge in [-0.15, -0.1) is 15.3 Å². The summed E-state index contributed by atoms with van der Waals surface area (Å²) in [6, 6.07) is 14.6.